The van der Waals surface area contributed by atoms with Gasteiger partial charge in [-0.2, -0.15) is 0 Å². The minimum absolute atomic E-state index is 0.422. The van der Waals surface area contributed by atoms with Gasteiger partial charge in [0.25, 0.3) is 0 Å². The molecule has 0 radical (unpaired) electrons. The maximum absolute atomic E-state index is 10.7. The Morgan fingerprint density at radius 3 is 2.46 bits per heavy atom. The lowest BCUT2D eigenvalue weighted by Gasteiger charge is -1.95. The number of aliphatic hydroxyl groups excluding tert-OH is 2. The third-order valence-electron chi connectivity index (χ3n) is 1.53. The molecular formula is C10H10O3. The normalized spacial score (nSPS) is 11.3. The number of Topliss-reactive ketones (excluding diaryl/α,β-unsaturated/α-hetero) is 1. The molecule has 2 N–H and O–H groups in total. The summed E-state index contributed by atoms with van der Waals surface area (Å²) in [6, 6.07) is 8.93. The topological polar surface area (TPSA) is 57.5 Å². The van der Waals surface area contributed by atoms with Gasteiger partial charge in [0.2, 0.25) is 5.78 Å². The predicted octanol–water partition coefficient (Wildman–Crippen LogP) is 1.15. The average molecular weight is 178 g/mol. The molecule has 0 bridgehead atoms. The van der Waals surface area contributed by atoms with Gasteiger partial charge in [0.15, 0.2) is 5.76 Å². The standard InChI is InChI=1S/C10H10O3/c11-7-10(13)9(12)6-8-4-2-1-3-5-8/h1-6,11-12H,7H2. The fourth-order valence-corrected chi connectivity index (χ4v) is 0.869. The molecule has 0 fully saturated rings. The molecule has 0 amide bonds. The molecule has 0 aliphatic carbocycles. The first-order valence-corrected chi connectivity index (χ1v) is 3.84. The summed E-state index contributed by atoms with van der Waals surface area (Å²) in [6.45, 7) is -0.671. The SMILES string of the molecule is O=C(CO)C(O)=Cc1ccccc1. The van der Waals surface area contributed by atoms with Crippen LogP contribution in [0.5, 0.6) is 0 Å². The maximum atomic E-state index is 10.7. The molecule has 3 nitrogen and oxygen atoms in total. The van der Waals surface area contributed by atoms with Gasteiger partial charge in [-0.15, -0.1) is 0 Å². The summed E-state index contributed by atoms with van der Waals surface area (Å²) in [5.74, 6) is -1.10. The van der Waals surface area contributed by atoms with Crippen molar-refractivity contribution < 1.29 is 15.0 Å². The third kappa shape index (κ3) is 2.72. The lowest BCUT2D eigenvalue weighted by atomic mass is 10.2. The van der Waals surface area contributed by atoms with E-state index in [9.17, 15) is 4.79 Å². The molecule has 0 aromatic heterocycles. The minimum atomic E-state index is -0.677. The van der Waals surface area contributed by atoms with Crippen molar-refractivity contribution in [2.24, 2.45) is 0 Å². The minimum Gasteiger partial charge on any atom is -0.504 e. The molecule has 0 atom stereocenters. The number of hydrogen-bond donors (Lipinski definition) is 2. The van der Waals surface area contributed by atoms with Gasteiger partial charge >= 0.3 is 0 Å². The van der Waals surface area contributed by atoms with E-state index in [0.29, 0.717) is 0 Å². The Balaban J connectivity index is 2.83. The van der Waals surface area contributed by atoms with E-state index < -0.39 is 18.1 Å². The van der Waals surface area contributed by atoms with Crippen molar-refractivity contribution >= 4 is 11.9 Å². The van der Waals surface area contributed by atoms with E-state index in [0.717, 1.165) is 5.56 Å². The summed E-state index contributed by atoms with van der Waals surface area (Å²) < 4.78 is 0. The van der Waals surface area contributed by atoms with Crippen LogP contribution in [0.15, 0.2) is 36.1 Å². The van der Waals surface area contributed by atoms with Gasteiger partial charge in [-0.05, 0) is 11.6 Å². The van der Waals surface area contributed by atoms with Gasteiger partial charge in [0, 0.05) is 0 Å². The predicted molar refractivity (Wildman–Crippen MR) is 49.1 cm³/mol. The Morgan fingerprint density at radius 1 is 1.31 bits per heavy atom. The molecule has 1 aromatic rings. The van der Waals surface area contributed by atoms with Gasteiger partial charge in [-0.25, -0.2) is 0 Å². The van der Waals surface area contributed by atoms with Crippen molar-refractivity contribution in [1.29, 1.82) is 0 Å². The van der Waals surface area contributed by atoms with Crippen molar-refractivity contribution in [3.8, 4) is 0 Å². The number of hydrogen-bond acceptors (Lipinski definition) is 3. The first-order chi connectivity index (χ1) is 6.24. The van der Waals surface area contributed by atoms with Crippen LogP contribution in [-0.2, 0) is 4.79 Å². The van der Waals surface area contributed by atoms with Crippen LogP contribution in [0.25, 0.3) is 6.08 Å². The smallest absolute Gasteiger partial charge is 0.222 e. The molecule has 1 aromatic carbocycles. The fraction of sp³-hybridized carbons (Fsp3) is 0.100. The van der Waals surface area contributed by atoms with E-state index in [2.05, 4.69) is 0 Å². The molecule has 68 valence electrons. The largest absolute Gasteiger partial charge is 0.504 e. The lowest BCUT2D eigenvalue weighted by Crippen LogP contribution is -2.06. The summed E-state index contributed by atoms with van der Waals surface area (Å²) in [5, 5.41) is 17.6. The molecule has 0 saturated carbocycles. The van der Waals surface area contributed by atoms with Crippen LogP contribution >= 0.6 is 0 Å². The van der Waals surface area contributed by atoms with E-state index in [1.165, 1.54) is 6.08 Å². The van der Waals surface area contributed by atoms with E-state index in [-0.39, 0.29) is 0 Å². The first-order valence-electron chi connectivity index (χ1n) is 3.84. The Labute approximate surface area is 76.0 Å². The van der Waals surface area contributed by atoms with Crippen molar-refractivity contribution in [3.63, 3.8) is 0 Å². The molecule has 0 spiro atoms. The molecule has 0 unspecified atom stereocenters. The van der Waals surface area contributed by atoms with Gasteiger partial charge < -0.3 is 10.2 Å². The monoisotopic (exact) mass is 178 g/mol. The Hall–Kier alpha value is -1.61. The summed E-state index contributed by atoms with van der Waals surface area (Å²) in [5.41, 5.74) is 0.724. The second-order valence-electron chi connectivity index (χ2n) is 2.52. The molecule has 13 heavy (non-hydrogen) atoms. The highest BCUT2D eigenvalue weighted by molar-refractivity contribution is 5.97. The van der Waals surface area contributed by atoms with Gasteiger partial charge in [-0.1, -0.05) is 30.3 Å². The molecule has 0 aliphatic heterocycles. The number of carbonyl (C=O) groups is 1. The molecular weight excluding hydrogens is 168 g/mol. The third-order valence-corrected chi connectivity index (χ3v) is 1.53. The van der Waals surface area contributed by atoms with Crippen LogP contribution in [0.2, 0.25) is 0 Å². The fourth-order valence-electron chi connectivity index (χ4n) is 0.869. The van der Waals surface area contributed by atoms with E-state index in [1.807, 2.05) is 6.07 Å². The maximum Gasteiger partial charge on any atom is 0.222 e. The molecule has 3 heteroatoms. The van der Waals surface area contributed by atoms with Crippen LogP contribution < -0.4 is 0 Å². The number of carbonyl (C=O) groups excluding carboxylic acids is 1. The highest BCUT2D eigenvalue weighted by Crippen LogP contribution is 2.04. The van der Waals surface area contributed by atoms with Gasteiger partial charge in [0.05, 0.1) is 0 Å². The molecule has 0 heterocycles. The lowest BCUT2D eigenvalue weighted by molar-refractivity contribution is -0.120. The molecule has 0 aliphatic rings. The van der Waals surface area contributed by atoms with Gasteiger partial charge in [-0.3, -0.25) is 4.79 Å². The number of ketones is 1. The Morgan fingerprint density at radius 2 is 1.92 bits per heavy atom. The zero-order chi connectivity index (χ0) is 9.68. The van der Waals surface area contributed by atoms with E-state index >= 15 is 0 Å². The van der Waals surface area contributed by atoms with Crippen molar-refractivity contribution in [2.45, 2.75) is 0 Å². The average Bonchev–Trinajstić information content (AvgIpc) is 2.18. The van der Waals surface area contributed by atoms with Crippen LogP contribution in [0.1, 0.15) is 5.56 Å². The van der Waals surface area contributed by atoms with E-state index in [1.54, 1.807) is 24.3 Å². The van der Waals surface area contributed by atoms with Gasteiger partial charge in [0.1, 0.15) is 6.61 Å². The van der Waals surface area contributed by atoms with Crippen LogP contribution in [0.3, 0.4) is 0 Å². The zero-order valence-corrected chi connectivity index (χ0v) is 6.97. The number of rotatable bonds is 3. The number of aliphatic hydroxyl groups is 2. The second-order valence-corrected chi connectivity index (χ2v) is 2.52. The quantitative estimate of drug-likeness (QED) is 0.539. The highest BCUT2D eigenvalue weighted by atomic mass is 16.3. The summed E-state index contributed by atoms with van der Waals surface area (Å²) in [4.78, 5) is 10.7. The van der Waals surface area contributed by atoms with Crippen molar-refractivity contribution in [2.75, 3.05) is 6.61 Å². The summed E-state index contributed by atoms with van der Waals surface area (Å²) in [7, 11) is 0. The first kappa shape index (κ1) is 9.48. The second kappa shape index (κ2) is 4.42. The van der Waals surface area contributed by atoms with Crippen LogP contribution in [-0.4, -0.2) is 22.6 Å². The Kier molecular flexibility index (Phi) is 3.23. The van der Waals surface area contributed by atoms with Crippen molar-refractivity contribution in [1.82, 2.24) is 0 Å². The van der Waals surface area contributed by atoms with E-state index in [4.69, 9.17) is 10.2 Å². The number of benzene rings is 1. The highest BCUT2D eigenvalue weighted by Gasteiger charge is 2.04. The molecule has 1 rings (SSSR count). The van der Waals surface area contributed by atoms with Crippen LogP contribution in [0, 0.1) is 0 Å². The molecule has 0 saturated heterocycles. The summed E-state index contributed by atoms with van der Waals surface area (Å²) >= 11 is 0. The van der Waals surface area contributed by atoms with Crippen molar-refractivity contribution in [3.05, 3.63) is 41.7 Å². The van der Waals surface area contributed by atoms with Crippen LogP contribution in [0.4, 0.5) is 0 Å². The summed E-state index contributed by atoms with van der Waals surface area (Å²) in [6.07, 6.45) is 1.32. The zero-order valence-electron chi connectivity index (χ0n) is 6.97. The Bertz CT molecular complexity index is 314.